The number of aromatic nitrogens is 1. The first-order valence-corrected chi connectivity index (χ1v) is 9.54. The first kappa shape index (κ1) is 17.0. The predicted molar refractivity (Wildman–Crippen MR) is 89.2 cm³/mol. The Morgan fingerprint density at radius 2 is 2.00 bits per heavy atom. The predicted octanol–water partition coefficient (Wildman–Crippen LogP) is 4.63. The van der Waals surface area contributed by atoms with Crippen molar-refractivity contribution in [3.63, 3.8) is 0 Å². The van der Waals surface area contributed by atoms with E-state index < -0.39 is 0 Å². The second kappa shape index (κ2) is 10.7. The minimum atomic E-state index is 1.01. The number of thioether (sulfide) groups is 1. The number of thiazole rings is 1. The van der Waals surface area contributed by atoms with Gasteiger partial charge in [0.1, 0.15) is 5.01 Å². The van der Waals surface area contributed by atoms with E-state index in [0.717, 1.165) is 25.3 Å². The van der Waals surface area contributed by atoms with Crippen LogP contribution in [0.1, 0.15) is 62.0 Å². The zero-order chi connectivity index (χ0) is 13.9. The molecule has 0 aliphatic carbocycles. The Morgan fingerprint density at radius 1 is 1.16 bits per heavy atom. The first-order valence-electron chi connectivity index (χ1n) is 7.57. The fourth-order valence-electron chi connectivity index (χ4n) is 1.88. The number of hydrogen-bond acceptors (Lipinski definition) is 4. The molecule has 0 bridgehead atoms. The molecule has 0 unspecified atom stereocenters. The maximum absolute atomic E-state index is 4.83. The standard InChI is InChI=1S/C15H28N2S2/c1-4-7-9-16-11-14-13(8-5-2)17-15(19-14)12-18-10-6-3/h16H,4-12H2,1-3H3. The maximum atomic E-state index is 4.83. The van der Waals surface area contributed by atoms with Crippen LogP contribution in [-0.2, 0) is 18.7 Å². The van der Waals surface area contributed by atoms with Gasteiger partial charge in [0.25, 0.3) is 0 Å². The number of nitrogens with one attached hydrogen (secondary N) is 1. The van der Waals surface area contributed by atoms with Crippen LogP contribution in [0.25, 0.3) is 0 Å². The first-order chi connectivity index (χ1) is 9.31. The van der Waals surface area contributed by atoms with E-state index in [1.165, 1.54) is 47.0 Å². The van der Waals surface area contributed by atoms with Crippen LogP contribution >= 0.6 is 23.1 Å². The monoisotopic (exact) mass is 300 g/mol. The van der Waals surface area contributed by atoms with Crippen LogP contribution < -0.4 is 5.32 Å². The van der Waals surface area contributed by atoms with Crippen molar-refractivity contribution < 1.29 is 0 Å². The minimum absolute atomic E-state index is 1.01. The summed E-state index contributed by atoms with van der Waals surface area (Å²) in [5.74, 6) is 2.33. The van der Waals surface area contributed by atoms with E-state index in [9.17, 15) is 0 Å². The molecule has 0 radical (unpaired) electrons. The van der Waals surface area contributed by atoms with Gasteiger partial charge < -0.3 is 5.32 Å². The van der Waals surface area contributed by atoms with Gasteiger partial charge in [0, 0.05) is 17.2 Å². The maximum Gasteiger partial charge on any atom is 0.103 e. The SMILES string of the molecule is CCCCNCc1sc(CSCCC)nc1CCC. The molecule has 1 aromatic heterocycles. The van der Waals surface area contributed by atoms with Gasteiger partial charge >= 0.3 is 0 Å². The Balaban J connectivity index is 2.50. The molecule has 0 aliphatic heterocycles. The molecular formula is C15H28N2S2. The largest absolute Gasteiger partial charge is 0.312 e. The Hall–Kier alpha value is -0.0600. The number of aryl methyl sites for hydroxylation is 1. The van der Waals surface area contributed by atoms with E-state index >= 15 is 0 Å². The molecular weight excluding hydrogens is 272 g/mol. The topological polar surface area (TPSA) is 24.9 Å². The van der Waals surface area contributed by atoms with Crippen LogP contribution in [-0.4, -0.2) is 17.3 Å². The summed E-state index contributed by atoms with van der Waals surface area (Å²) in [6.07, 6.45) is 6.09. The average molecular weight is 301 g/mol. The summed E-state index contributed by atoms with van der Waals surface area (Å²) in [5, 5.41) is 4.86. The molecule has 0 fully saturated rings. The van der Waals surface area contributed by atoms with Gasteiger partial charge in [0.2, 0.25) is 0 Å². The normalized spacial score (nSPS) is 11.1. The molecule has 19 heavy (non-hydrogen) atoms. The summed E-state index contributed by atoms with van der Waals surface area (Å²) in [5.41, 5.74) is 1.34. The Labute approximate surface area is 126 Å². The molecule has 1 aromatic rings. The molecule has 0 spiro atoms. The Morgan fingerprint density at radius 3 is 2.68 bits per heavy atom. The number of rotatable bonds is 11. The van der Waals surface area contributed by atoms with Crippen molar-refractivity contribution in [2.45, 2.75) is 65.2 Å². The van der Waals surface area contributed by atoms with Crippen molar-refractivity contribution in [2.24, 2.45) is 0 Å². The van der Waals surface area contributed by atoms with Gasteiger partial charge in [-0.2, -0.15) is 11.8 Å². The minimum Gasteiger partial charge on any atom is -0.312 e. The zero-order valence-corrected chi connectivity index (χ0v) is 14.3. The second-order valence-electron chi connectivity index (χ2n) is 4.81. The van der Waals surface area contributed by atoms with Crippen molar-refractivity contribution in [1.82, 2.24) is 10.3 Å². The zero-order valence-electron chi connectivity index (χ0n) is 12.6. The second-order valence-corrected chi connectivity index (χ2v) is 7.08. The third-order valence-electron chi connectivity index (χ3n) is 2.88. The van der Waals surface area contributed by atoms with Crippen molar-refractivity contribution in [3.8, 4) is 0 Å². The lowest BCUT2D eigenvalue weighted by Crippen LogP contribution is -2.14. The van der Waals surface area contributed by atoms with E-state index in [1.54, 1.807) is 0 Å². The van der Waals surface area contributed by atoms with Crippen molar-refractivity contribution in [1.29, 1.82) is 0 Å². The molecule has 110 valence electrons. The van der Waals surface area contributed by atoms with Crippen molar-refractivity contribution >= 4 is 23.1 Å². The molecule has 2 nitrogen and oxygen atoms in total. The van der Waals surface area contributed by atoms with Crippen LogP contribution in [0, 0.1) is 0 Å². The molecule has 0 saturated heterocycles. The summed E-state index contributed by atoms with van der Waals surface area (Å²) in [7, 11) is 0. The molecule has 1 N–H and O–H groups in total. The third-order valence-corrected chi connectivity index (χ3v) is 5.33. The van der Waals surface area contributed by atoms with Crippen molar-refractivity contribution in [2.75, 3.05) is 12.3 Å². The summed E-state index contributed by atoms with van der Waals surface area (Å²) in [6.45, 7) is 8.84. The number of nitrogens with zero attached hydrogens (tertiary/aromatic N) is 1. The van der Waals surface area contributed by atoms with E-state index in [0.29, 0.717) is 0 Å². The fourth-order valence-corrected chi connectivity index (χ4v) is 3.91. The summed E-state index contributed by atoms with van der Waals surface area (Å²) < 4.78 is 0. The van der Waals surface area contributed by atoms with Crippen LogP contribution in [0.2, 0.25) is 0 Å². The van der Waals surface area contributed by atoms with E-state index in [-0.39, 0.29) is 0 Å². The van der Waals surface area contributed by atoms with Gasteiger partial charge in [-0.1, -0.05) is 33.6 Å². The molecule has 1 rings (SSSR count). The molecule has 0 aromatic carbocycles. The van der Waals surface area contributed by atoms with Gasteiger partial charge in [-0.3, -0.25) is 0 Å². The van der Waals surface area contributed by atoms with Gasteiger partial charge in [0.15, 0.2) is 0 Å². The van der Waals surface area contributed by atoms with Crippen LogP contribution in [0.3, 0.4) is 0 Å². The smallest absolute Gasteiger partial charge is 0.103 e. The summed E-state index contributed by atoms with van der Waals surface area (Å²) in [4.78, 5) is 6.29. The molecule has 0 amide bonds. The molecule has 0 atom stereocenters. The number of hydrogen-bond donors (Lipinski definition) is 1. The Bertz CT molecular complexity index is 337. The molecule has 0 saturated carbocycles. The van der Waals surface area contributed by atoms with E-state index in [1.807, 2.05) is 23.1 Å². The molecule has 1 heterocycles. The van der Waals surface area contributed by atoms with E-state index in [4.69, 9.17) is 4.98 Å². The van der Waals surface area contributed by atoms with Gasteiger partial charge in [0.05, 0.1) is 5.69 Å². The fraction of sp³-hybridized carbons (Fsp3) is 0.800. The molecule has 0 aliphatic rings. The molecule has 4 heteroatoms. The van der Waals surface area contributed by atoms with Crippen LogP contribution in [0.5, 0.6) is 0 Å². The highest BCUT2D eigenvalue weighted by atomic mass is 32.2. The van der Waals surface area contributed by atoms with E-state index in [2.05, 4.69) is 26.1 Å². The summed E-state index contributed by atoms with van der Waals surface area (Å²) >= 11 is 3.92. The lowest BCUT2D eigenvalue weighted by molar-refractivity contribution is 0.641. The highest BCUT2D eigenvalue weighted by Gasteiger charge is 2.10. The quantitative estimate of drug-likeness (QED) is 0.603. The number of unbranched alkanes of at least 4 members (excludes halogenated alkanes) is 1. The highest BCUT2D eigenvalue weighted by molar-refractivity contribution is 7.98. The van der Waals surface area contributed by atoms with Gasteiger partial charge in [-0.15, -0.1) is 11.3 Å². The van der Waals surface area contributed by atoms with Crippen LogP contribution in [0.15, 0.2) is 0 Å². The van der Waals surface area contributed by atoms with Crippen molar-refractivity contribution in [3.05, 3.63) is 15.6 Å². The lowest BCUT2D eigenvalue weighted by Gasteiger charge is -2.03. The van der Waals surface area contributed by atoms with Gasteiger partial charge in [-0.05, 0) is 31.6 Å². The van der Waals surface area contributed by atoms with Crippen LogP contribution in [0.4, 0.5) is 0 Å². The Kier molecular flexibility index (Phi) is 9.57. The van der Waals surface area contributed by atoms with Gasteiger partial charge in [-0.25, -0.2) is 4.98 Å². The highest BCUT2D eigenvalue weighted by Crippen LogP contribution is 2.24. The third kappa shape index (κ3) is 6.77. The average Bonchev–Trinajstić information content (AvgIpc) is 2.78. The lowest BCUT2D eigenvalue weighted by atomic mass is 10.2. The summed E-state index contributed by atoms with van der Waals surface area (Å²) in [6, 6.07) is 0.